The molecule has 0 aliphatic heterocycles. The molecule has 37 heavy (non-hydrogen) atoms. The number of unbranched alkanes of at least 4 members (excludes halogenated alkanes) is 1. The van der Waals surface area contributed by atoms with Crippen LogP contribution in [-0.4, -0.2) is 67.8 Å². The van der Waals surface area contributed by atoms with Crippen molar-refractivity contribution in [3.8, 4) is 0 Å². The number of rotatable bonds is 13. The molecule has 3 aromatic rings. The Hall–Kier alpha value is -2.47. The summed E-state index contributed by atoms with van der Waals surface area (Å²) < 4.78 is 55.9. The summed E-state index contributed by atoms with van der Waals surface area (Å²) in [7, 11) is -3.68. The van der Waals surface area contributed by atoms with Crippen LogP contribution in [0.4, 0.5) is 13.9 Å². The summed E-state index contributed by atoms with van der Waals surface area (Å²) in [5, 5.41) is 0.255. The molecular weight excluding hydrogens is 518 g/mol. The van der Waals surface area contributed by atoms with Gasteiger partial charge in [0.1, 0.15) is 11.3 Å². The van der Waals surface area contributed by atoms with Crippen molar-refractivity contribution in [1.82, 2.24) is 14.2 Å². The molecule has 1 heterocycles. The molecule has 1 amide bonds. The fraction of sp³-hybridized carbons (Fsp3) is 0.462. The molecule has 0 radical (unpaired) electrons. The van der Waals surface area contributed by atoms with E-state index in [1.165, 1.54) is 39.5 Å². The molecule has 0 N–H and O–H groups in total. The first kappa shape index (κ1) is 29.1. The molecule has 0 spiro atoms. The lowest BCUT2D eigenvalue weighted by Crippen LogP contribution is -2.39. The molecule has 0 fully saturated rings. The predicted molar refractivity (Wildman–Crippen MR) is 145 cm³/mol. The first-order valence-corrected chi connectivity index (χ1v) is 14.8. The summed E-state index contributed by atoms with van der Waals surface area (Å²) in [5.74, 6) is -1.89. The quantitative estimate of drug-likeness (QED) is 0.285. The number of hydrogen-bond donors (Lipinski definition) is 0. The van der Waals surface area contributed by atoms with E-state index in [-0.39, 0.29) is 27.7 Å². The zero-order valence-electron chi connectivity index (χ0n) is 21.7. The van der Waals surface area contributed by atoms with Gasteiger partial charge in [-0.1, -0.05) is 45.5 Å². The van der Waals surface area contributed by atoms with E-state index >= 15 is 0 Å². The van der Waals surface area contributed by atoms with Gasteiger partial charge in [-0.25, -0.2) is 22.2 Å². The largest absolute Gasteiger partial charge is 0.302 e. The van der Waals surface area contributed by atoms with Crippen molar-refractivity contribution in [2.45, 2.75) is 45.4 Å². The minimum absolute atomic E-state index is 0.00946. The van der Waals surface area contributed by atoms with Crippen LogP contribution in [0.1, 0.15) is 50.9 Å². The van der Waals surface area contributed by atoms with E-state index < -0.39 is 27.6 Å². The lowest BCUT2D eigenvalue weighted by atomic mass is 10.2. The van der Waals surface area contributed by atoms with Crippen LogP contribution in [0.15, 0.2) is 41.3 Å². The SMILES string of the molecule is CCCCN(CC)S(=O)(=O)c1ccc(C(=O)N(CCN(CC)CC)c2nc3c(F)cc(F)cc3s2)cc1. The number of thiazole rings is 1. The summed E-state index contributed by atoms with van der Waals surface area (Å²) in [6.45, 7) is 11.0. The van der Waals surface area contributed by atoms with E-state index in [2.05, 4.69) is 9.88 Å². The van der Waals surface area contributed by atoms with Gasteiger partial charge >= 0.3 is 0 Å². The van der Waals surface area contributed by atoms with Gasteiger partial charge in [0, 0.05) is 37.8 Å². The molecule has 0 unspecified atom stereocenters. The highest BCUT2D eigenvalue weighted by Crippen LogP contribution is 2.32. The number of sulfonamides is 1. The van der Waals surface area contributed by atoms with Crippen molar-refractivity contribution in [2.75, 3.05) is 44.2 Å². The van der Waals surface area contributed by atoms with E-state index in [9.17, 15) is 22.0 Å². The van der Waals surface area contributed by atoms with E-state index in [1.54, 1.807) is 6.92 Å². The Balaban J connectivity index is 1.94. The molecule has 0 aliphatic carbocycles. The molecular formula is C26H34F2N4O3S2. The van der Waals surface area contributed by atoms with Crippen LogP contribution in [0.2, 0.25) is 0 Å². The molecule has 202 valence electrons. The third-order valence-corrected chi connectivity index (χ3v) is 9.28. The topological polar surface area (TPSA) is 73.8 Å². The Morgan fingerprint density at radius 1 is 0.946 bits per heavy atom. The van der Waals surface area contributed by atoms with E-state index in [4.69, 9.17) is 0 Å². The number of fused-ring (bicyclic) bond motifs is 1. The van der Waals surface area contributed by atoms with Gasteiger partial charge in [-0.15, -0.1) is 0 Å². The summed E-state index contributed by atoms with van der Waals surface area (Å²) in [6, 6.07) is 7.82. The van der Waals surface area contributed by atoms with Crippen molar-refractivity contribution >= 4 is 42.6 Å². The van der Waals surface area contributed by atoms with Gasteiger partial charge in [-0.2, -0.15) is 4.31 Å². The minimum atomic E-state index is -3.68. The summed E-state index contributed by atoms with van der Waals surface area (Å²) in [4.78, 5) is 21.6. The molecule has 1 aromatic heterocycles. The van der Waals surface area contributed by atoms with Crippen LogP contribution < -0.4 is 4.90 Å². The Kier molecular flexibility index (Phi) is 10.1. The predicted octanol–water partition coefficient (Wildman–Crippen LogP) is 5.37. The number of benzene rings is 2. The van der Waals surface area contributed by atoms with Crippen LogP contribution in [0.3, 0.4) is 0 Å². The normalized spacial score (nSPS) is 12.1. The number of halogens is 2. The number of hydrogen-bond acceptors (Lipinski definition) is 6. The highest BCUT2D eigenvalue weighted by atomic mass is 32.2. The Labute approximate surface area is 221 Å². The zero-order chi connectivity index (χ0) is 27.2. The van der Waals surface area contributed by atoms with Gasteiger partial charge in [0.2, 0.25) is 10.0 Å². The second-order valence-electron chi connectivity index (χ2n) is 8.59. The van der Waals surface area contributed by atoms with E-state index in [0.29, 0.717) is 24.3 Å². The van der Waals surface area contributed by atoms with Crippen molar-refractivity contribution < 1.29 is 22.0 Å². The Morgan fingerprint density at radius 2 is 1.62 bits per heavy atom. The van der Waals surface area contributed by atoms with Crippen molar-refractivity contribution in [3.63, 3.8) is 0 Å². The average molecular weight is 553 g/mol. The number of carbonyl (C=O) groups excluding carboxylic acids is 1. The van der Waals surface area contributed by atoms with Crippen molar-refractivity contribution in [3.05, 3.63) is 53.6 Å². The first-order chi connectivity index (χ1) is 17.7. The molecule has 7 nitrogen and oxygen atoms in total. The zero-order valence-corrected chi connectivity index (χ0v) is 23.3. The molecule has 0 bridgehead atoms. The number of nitrogens with zero attached hydrogens (tertiary/aromatic N) is 4. The second kappa shape index (κ2) is 12.9. The second-order valence-corrected chi connectivity index (χ2v) is 11.5. The number of anilines is 1. The standard InChI is InChI=1S/C26H34F2N4O3S2/c1-5-9-14-31(8-4)37(34,35)21-12-10-19(11-13-21)25(33)32(16-15-30(6-2)7-3)26-29-24-22(28)17-20(27)18-23(24)36-26/h10-13,17-18H,5-9,14-16H2,1-4H3. The number of likely N-dealkylation sites (N-methyl/N-ethyl adjacent to an activating group) is 1. The minimum Gasteiger partial charge on any atom is -0.302 e. The molecule has 0 atom stereocenters. The fourth-order valence-corrected chi connectivity index (χ4v) is 6.50. The smallest absolute Gasteiger partial charge is 0.260 e. The summed E-state index contributed by atoms with van der Waals surface area (Å²) in [5.41, 5.74) is 0.288. The van der Waals surface area contributed by atoms with E-state index in [0.717, 1.165) is 43.3 Å². The van der Waals surface area contributed by atoms with Gasteiger partial charge in [0.05, 0.1) is 9.60 Å². The van der Waals surface area contributed by atoms with Crippen molar-refractivity contribution in [2.24, 2.45) is 0 Å². The highest BCUT2D eigenvalue weighted by Gasteiger charge is 2.26. The molecule has 0 saturated heterocycles. The van der Waals surface area contributed by atoms with Crippen LogP contribution in [-0.2, 0) is 10.0 Å². The maximum atomic E-state index is 14.3. The summed E-state index contributed by atoms with van der Waals surface area (Å²) >= 11 is 1.04. The van der Waals surface area contributed by atoms with E-state index in [1.807, 2.05) is 20.8 Å². The van der Waals surface area contributed by atoms with Crippen LogP contribution in [0.5, 0.6) is 0 Å². The first-order valence-electron chi connectivity index (χ1n) is 12.6. The van der Waals surface area contributed by atoms with Gasteiger partial charge < -0.3 is 4.90 Å². The van der Waals surface area contributed by atoms with Crippen LogP contribution in [0, 0.1) is 11.6 Å². The third-order valence-electron chi connectivity index (χ3n) is 6.27. The van der Waals surface area contributed by atoms with Crippen molar-refractivity contribution in [1.29, 1.82) is 0 Å². The maximum Gasteiger partial charge on any atom is 0.260 e. The molecule has 0 saturated carbocycles. The third kappa shape index (κ3) is 6.70. The molecule has 3 rings (SSSR count). The molecule has 2 aromatic carbocycles. The molecule has 11 heteroatoms. The van der Waals surface area contributed by atoms with Crippen LogP contribution >= 0.6 is 11.3 Å². The monoisotopic (exact) mass is 552 g/mol. The average Bonchev–Trinajstić information content (AvgIpc) is 3.31. The number of amides is 1. The van der Waals surface area contributed by atoms with Gasteiger partial charge in [0.25, 0.3) is 5.91 Å². The highest BCUT2D eigenvalue weighted by molar-refractivity contribution is 7.89. The van der Waals surface area contributed by atoms with Gasteiger partial charge in [0.15, 0.2) is 10.9 Å². The van der Waals surface area contributed by atoms with Crippen LogP contribution in [0.25, 0.3) is 10.2 Å². The van der Waals surface area contributed by atoms with Gasteiger partial charge in [-0.3, -0.25) is 9.69 Å². The Bertz CT molecular complexity index is 1310. The Morgan fingerprint density at radius 3 is 2.22 bits per heavy atom. The number of aromatic nitrogens is 1. The molecule has 0 aliphatic rings. The lowest BCUT2D eigenvalue weighted by molar-refractivity contribution is 0.0983. The van der Waals surface area contributed by atoms with Gasteiger partial charge in [-0.05, 0) is 49.8 Å². The fourth-order valence-electron chi connectivity index (χ4n) is 3.98. The maximum absolute atomic E-state index is 14.3. The number of carbonyl (C=O) groups is 1. The lowest BCUT2D eigenvalue weighted by Gasteiger charge is -2.25. The summed E-state index contributed by atoms with van der Waals surface area (Å²) in [6.07, 6.45) is 1.64.